The van der Waals surface area contributed by atoms with E-state index in [1.165, 1.54) is 7.11 Å². The Labute approximate surface area is 99.5 Å². The standard InChI is InChI=1S/C12H26N2O2/c1-6-14(9-7-8-13(3)4)11(2)10-12(15)16-5/h11H,6-10H2,1-5H3. The third-order valence-corrected chi connectivity index (χ3v) is 2.77. The number of ether oxygens (including phenoxy) is 1. The lowest BCUT2D eigenvalue weighted by Crippen LogP contribution is -2.36. The number of esters is 1. The number of nitrogens with zero attached hydrogens (tertiary/aromatic N) is 2. The van der Waals surface area contributed by atoms with Gasteiger partial charge in [0, 0.05) is 6.04 Å². The van der Waals surface area contributed by atoms with Crippen molar-refractivity contribution in [1.29, 1.82) is 0 Å². The molecule has 0 aliphatic carbocycles. The third kappa shape index (κ3) is 6.80. The largest absolute Gasteiger partial charge is 0.469 e. The fraction of sp³-hybridized carbons (Fsp3) is 0.917. The van der Waals surface area contributed by atoms with Crippen LogP contribution in [0, 0.1) is 0 Å². The molecule has 0 amide bonds. The van der Waals surface area contributed by atoms with E-state index in [0.717, 1.165) is 26.1 Å². The minimum Gasteiger partial charge on any atom is -0.469 e. The van der Waals surface area contributed by atoms with Crippen molar-refractivity contribution in [3.05, 3.63) is 0 Å². The molecule has 96 valence electrons. The fourth-order valence-corrected chi connectivity index (χ4v) is 1.73. The summed E-state index contributed by atoms with van der Waals surface area (Å²) in [7, 11) is 5.60. The quantitative estimate of drug-likeness (QED) is 0.587. The highest BCUT2D eigenvalue weighted by Crippen LogP contribution is 2.05. The molecule has 0 fully saturated rings. The Morgan fingerprint density at radius 3 is 2.38 bits per heavy atom. The summed E-state index contributed by atoms with van der Waals surface area (Å²) in [5, 5.41) is 0. The minimum atomic E-state index is -0.126. The first kappa shape index (κ1) is 15.4. The highest BCUT2D eigenvalue weighted by Gasteiger charge is 2.15. The van der Waals surface area contributed by atoms with Gasteiger partial charge in [-0.2, -0.15) is 0 Å². The maximum atomic E-state index is 11.2. The molecule has 0 bridgehead atoms. The number of hydrogen-bond acceptors (Lipinski definition) is 4. The van der Waals surface area contributed by atoms with Crippen molar-refractivity contribution in [2.24, 2.45) is 0 Å². The zero-order valence-electron chi connectivity index (χ0n) is 11.3. The molecule has 0 radical (unpaired) electrons. The molecule has 0 aromatic heterocycles. The van der Waals surface area contributed by atoms with E-state index in [-0.39, 0.29) is 12.0 Å². The number of rotatable bonds is 8. The summed E-state index contributed by atoms with van der Waals surface area (Å²) < 4.78 is 4.68. The first-order valence-corrected chi connectivity index (χ1v) is 5.96. The van der Waals surface area contributed by atoms with Crippen LogP contribution in [0.4, 0.5) is 0 Å². The summed E-state index contributed by atoms with van der Waals surface area (Å²) in [6.45, 7) is 7.30. The first-order chi connectivity index (χ1) is 7.51. The summed E-state index contributed by atoms with van der Waals surface area (Å²) in [6, 6.07) is 0.264. The smallest absolute Gasteiger partial charge is 0.307 e. The average Bonchev–Trinajstić information content (AvgIpc) is 2.23. The van der Waals surface area contributed by atoms with Crippen molar-refractivity contribution >= 4 is 5.97 Å². The molecule has 4 heteroatoms. The summed E-state index contributed by atoms with van der Waals surface area (Å²) in [5.74, 6) is -0.126. The van der Waals surface area contributed by atoms with Gasteiger partial charge in [0.05, 0.1) is 13.5 Å². The Kier molecular flexibility index (Phi) is 8.21. The van der Waals surface area contributed by atoms with E-state index in [9.17, 15) is 4.79 Å². The Morgan fingerprint density at radius 1 is 1.31 bits per heavy atom. The van der Waals surface area contributed by atoms with Gasteiger partial charge >= 0.3 is 5.97 Å². The molecule has 1 unspecified atom stereocenters. The van der Waals surface area contributed by atoms with Gasteiger partial charge in [-0.05, 0) is 47.1 Å². The second-order valence-electron chi connectivity index (χ2n) is 4.41. The normalized spacial score (nSPS) is 13.2. The van der Waals surface area contributed by atoms with Crippen molar-refractivity contribution in [2.75, 3.05) is 40.8 Å². The molecule has 0 saturated heterocycles. The van der Waals surface area contributed by atoms with Gasteiger partial charge in [0.2, 0.25) is 0 Å². The van der Waals surface area contributed by atoms with Crippen LogP contribution in [0.2, 0.25) is 0 Å². The van der Waals surface area contributed by atoms with E-state index >= 15 is 0 Å². The van der Waals surface area contributed by atoms with Crippen LogP contribution in [0.15, 0.2) is 0 Å². The monoisotopic (exact) mass is 230 g/mol. The second kappa shape index (κ2) is 8.53. The van der Waals surface area contributed by atoms with E-state index in [1.807, 2.05) is 0 Å². The Hall–Kier alpha value is -0.610. The Bertz CT molecular complexity index is 195. The highest BCUT2D eigenvalue weighted by molar-refractivity contribution is 5.69. The molecule has 4 nitrogen and oxygen atoms in total. The van der Waals surface area contributed by atoms with Gasteiger partial charge in [-0.25, -0.2) is 0 Å². The van der Waals surface area contributed by atoms with Crippen LogP contribution in [-0.2, 0) is 9.53 Å². The van der Waals surface area contributed by atoms with Crippen LogP contribution in [0.3, 0.4) is 0 Å². The predicted octanol–water partition coefficient (Wildman–Crippen LogP) is 1.21. The van der Waals surface area contributed by atoms with Crippen molar-refractivity contribution in [3.8, 4) is 0 Å². The van der Waals surface area contributed by atoms with Gasteiger partial charge in [0.1, 0.15) is 0 Å². The highest BCUT2D eigenvalue weighted by atomic mass is 16.5. The molecular weight excluding hydrogens is 204 g/mol. The lowest BCUT2D eigenvalue weighted by molar-refractivity contribution is -0.141. The van der Waals surface area contributed by atoms with E-state index in [0.29, 0.717) is 6.42 Å². The fourth-order valence-electron chi connectivity index (χ4n) is 1.73. The summed E-state index contributed by atoms with van der Waals surface area (Å²) >= 11 is 0. The minimum absolute atomic E-state index is 0.126. The van der Waals surface area contributed by atoms with Crippen molar-refractivity contribution in [2.45, 2.75) is 32.7 Å². The molecule has 0 saturated carbocycles. The molecule has 0 heterocycles. The number of carbonyl (C=O) groups is 1. The average molecular weight is 230 g/mol. The lowest BCUT2D eigenvalue weighted by atomic mass is 10.2. The van der Waals surface area contributed by atoms with E-state index < -0.39 is 0 Å². The lowest BCUT2D eigenvalue weighted by Gasteiger charge is -2.27. The number of methoxy groups -OCH3 is 1. The Morgan fingerprint density at radius 2 is 1.94 bits per heavy atom. The molecule has 0 spiro atoms. The topological polar surface area (TPSA) is 32.8 Å². The summed E-state index contributed by atoms with van der Waals surface area (Å²) in [5.41, 5.74) is 0. The maximum Gasteiger partial charge on any atom is 0.307 e. The van der Waals surface area contributed by atoms with Gasteiger partial charge in [-0.1, -0.05) is 6.92 Å². The van der Waals surface area contributed by atoms with Crippen LogP contribution in [-0.4, -0.2) is 62.7 Å². The molecule has 0 aromatic carbocycles. The molecule has 0 aliphatic heterocycles. The molecule has 0 N–H and O–H groups in total. The third-order valence-electron chi connectivity index (χ3n) is 2.77. The molecule has 0 rings (SSSR count). The van der Waals surface area contributed by atoms with E-state index in [1.54, 1.807) is 0 Å². The zero-order chi connectivity index (χ0) is 12.6. The first-order valence-electron chi connectivity index (χ1n) is 5.96. The van der Waals surface area contributed by atoms with Crippen LogP contribution in [0.1, 0.15) is 26.7 Å². The van der Waals surface area contributed by atoms with Crippen molar-refractivity contribution < 1.29 is 9.53 Å². The van der Waals surface area contributed by atoms with Gasteiger partial charge < -0.3 is 14.5 Å². The molecule has 0 aromatic rings. The van der Waals surface area contributed by atoms with Crippen LogP contribution in [0.25, 0.3) is 0 Å². The van der Waals surface area contributed by atoms with E-state index in [4.69, 9.17) is 0 Å². The van der Waals surface area contributed by atoms with Crippen molar-refractivity contribution in [1.82, 2.24) is 9.80 Å². The molecule has 1 atom stereocenters. The second-order valence-corrected chi connectivity index (χ2v) is 4.41. The predicted molar refractivity (Wildman–Crippen MR) is 66.5 cm³/mol. The van der Waals surface area contributed by atoms with Gasteiger partial charge in [-0.3, -0.25) is 4.79 Å². The maximum absolute atomic E-state index is 11.2. The number of carbonyl (C=O) groups excluding carboxylic acids is 1. The summed E-state index contributed by atoms with van der Waals surface area (Å²) in [4.78, 5) is 15.7. The molecular formula is C12H26N2O2. The van der Waals surface area contributed by atoms with Gasteiger partial charge in [0.25, 0.3) is 0 Å². The molecule has 16 heavy (non-hydrogen) atoms. The van der Waals surface area contributed by atoms with Gasteiger partial charge in [-0.15, -0.1) is 0 Å². The van der Waals surface area contributed by atoms with Gasteiger partial charge in [0.15, 0.2) is 0 Å². The zero-order valence-corrected chi connectivity index (χ0v) is 11.3. The van der Waals surface area contributed by atoms with Crippen LogP contribution < -0.4 is 0 Å². The van der Waals surface area contributed by atoms with Crippen LogP contribution in [0.5, 0.6) is 0 Å². The van der Waals surface area contributed by atoms with E-state index in [2.05, 4.69) is 42.5 Å². The summed E-state index contributed by atoms with van der Waals surface area (Å²) in [6.07, 6.45) is 1.61. The SMILES string of the molecule is CCN(CCCN(C)C)C(C)CC(=O)OC. The number of hydrogen-bond donors (Lipinski definition) is 0. The molecule has 0 aliphatic rings. The van der Waals surface area contributed by atoms with Crippen LogP contribution >= 0.6 is 0 Å². The Balaban J connectivity index is 3.91. The van der Waals surface area contributed by atoms with Crippen molar-refractivity contribution in [3.63, 3.8) is 0 Å².